The van der Waals surface area contributed by atoms with Crippen LogP contribution in [0.15, 0.2) is 30.7 Å². The lowest BCUT2D eigenvalue weighted by Gasteiger charge is -2.27. The van der Waals surface area contributed by atoms with Crippen molar-refractivity contribution in [3.05, 3.63) is 53.4 Å². The highest BCUT2D eigenvalue weighted by Gasteiger charge is 2.31. The number of hydrogen-bond donors (Lipinski definition) is 2. The fourth-order valence-corrected chi connectivity index (χ4v) is 4.53. The summed E-state index contributed by atoms with van der Waals surface area (Å²) in [4.78, 5) is 43.9. The Bertz CT molecular complexity index is 1280. The number of halogens is 1. The zero-order valence-corrected chi connectivity index (χ0v) is 20.3. The summed E-state index contributed by atoms with van der Waals surface area (Å²) in [7, 11) is 0. The first-order valence-electron chi connectivity index (χ1n) is 12.0. The van der Waals surface area contributed by atoms with E-state index in [1.807, 2.05) is 19.2 Å². The number of amides is 1. The smallest absolute Gasteiger partial charge is 0.303 e. The molecule has 5 rings (SSSR count). The van der Waals surface area contributed by atoms with Crippen LogP contribution < -0.4 is 10.2 Å². The average molecular weight is 497 g/mol. The van der Waals surface area contributed by atoms with Crippen molar-refractivity contribution in [3.8, 4) is 0 Å². The summed E-state index contributed by atoms with van der Waals surface area (Å²) in [5, 5.41) is 15.3. The lowest BCUT2D eigenvalue weighted by atomic mass is 9.98. The van der Waals surface area contributed by atoms with E-state index in [1.165, 1.54) is 13.1 Å². The van der Waals surface area contributed by atoms with E-state index in [-0.39, 0.29) is 42.4 Å². The molecule has 1 amide bonds. The van der Waals surface area contributed by atoms with Crippen LogP contribution in [0.3, 0.4) is 0 Å². The highest BCUT2D eigenvalue weighted by atomic mass is 19.1. The van der Waals surface area contributed by atoms with Crippen LogP contribution in [0.1, 0.15) is 73.6 Å². The summed E-state index contributed by atoms with van der Waals surface area (Å²) >= 11 is 0. The van der Waals surface area contributed by atoms with E-state index >= 15 is 0 Å². The van der Waals surface area contributed by atoms with Gasteiger partial charge in [0.25, 0.3) is 5.91 Å². The van der Waals surface area contributed by atoms with Crippen molar-refractivity contribution in [3.63, 3.8) is 0 Å². The van der Waals surface area contributed by atoms with Gasteiger partial charge < -0.3 is 20.1 Å². The number of nitrogens with one attached hydrogen (secondary N) is 1. The molecule has 1 saturated heterocycles. The molecule has 0 radical (unpaired) electrons. The molecular weight excluding hydrogens is 467 g/mol. The Morgan fingerprint density at radius 3 is 2.78 bits per heavy atom. The summed E-state index contributed by atoms with van der Waals surface area (Å²) in [5.74, 6) is -0.728. The molecule has 3 aromatic rings. The summed E-state index contributed by atoms with van der Waals surface area (Å²) in [6, 6.07) is 3.48. The molecule has 5 heterocycles. The van der Waals surface area contributed by atoms with Gasteiger partial charge in [-0.1, -0.05) is 0 Å². The van der Waals surface area contributed by atoms with E-state index in [0.717, 1.165) is 42.9 Å². The molecule has 3 aromatic heterocycles. The number of carbonyl (C=O) groups excluding carboxylic acids is 2. The van der Waals surface area contributed by atoms with Crippen molar-refractivity contribution in [1.29, 1.82) is 0 Å². The molecule has 10 nitrogen and oxygen atoms in total. The second-order valence-electron chi connectivity index (χ2n) is 9.16. The Morgan fingerprint density at radius 2 is 2.06 bits per heavy atom. The number of fused-ring (bicyclic) bond motifs is 5. The molecule has 2 N–H and O–H groups in total. The summed E-state index contributed by atoms with van der Waals surface area (Å²) in [6.07, 6.45) is 8.07. The first kappa shape index (κ1) is 25.2. The topological polar surface area (TPSA) is 130 Å². The number of hydrogen-bond acceptors (Lipinski definition) is 7. The minimum absolute atomic E-state index is 0.0271. The van der Waals surface area contributed by atoms with Crippen molar-refractivity contribution >= 4 is 29.1 Å². The van der Waals surface area contributed by atoms with E-state index in [1.54, 1.807) is 16.8 Å². The molecule has 11 heteroatoms. The van der Waals surface area contributed by atoms with Crippen molar-refractivity contribution in [2.75, 3.05) is 11.4 Å². The number of pyridine rings is 1. The minimum Gasteiger partial charge on any atom is -0.481 e. The van der Waals surface area contributed by atoms with Gasteiger partial charge in [0.2, 0.25) is 0 Å². The molecule has 36 heavy (non-hydrogen) atoms. The molecule has 2 bridgehead atoms. The van der Waals surface area contributed by atoms with Crippen LogP contribution in [0.2, 0.25) is 0 Å². The number of nitrogens with zero attached hydrogens (tertiary/aromatic N) is 5. The van der Waals surface area contributed by atoms with Crippen LogP contribution in [0.4, 0.5) is 10.2 Å². The largest absolute Gasteiger partial charge is 0.481 e. The second-order valence-corrected chi connectivity index (χ2v) is 9.16. The highest BCUT2D eigenvalue weighted by Crippen LogP contribution is 2.37. The Balaban J connectivity index is 0.000000331. The number of carboxylic acids is 1. The van der Waals surface area contributed by atoms with E-state index < -0.39 is 5.97 Å². The molecule has 0 saturated carbocycles. The molecule has 190 valence electrons. The Morgan fingerprint density at radius 1 is 1.25 bits per heavy atom. The number of carbonyl (C=O) groups is 3. The Labute approximate surface area is 207 Å². The zero-order chi connectivity index (χ0) is 25.8. The number of Topliss-reactive ketones (excluding diaryl/α,β-unsaturated/α-hetero) is 1. The van der Waals surface area contributed by atoms with Crippen molar-refractivity contribution in [2.45, 2.75) is 64.5 Å². The van der Waals surface area contributed by atoms with Gasteiger partial charge in [0.15, 0.2) is 5.65 Å². The number of anilines is 1. The van der Waals surface area contributed by atoms with Crippen LogP contribution >= 0.6 is 0 Å². The van der Waals surface area contributed by atoms with E-state index in [9.17, 15) is 18.8 Å². The monoisotopic (exact) mass is 496 g/mol. The first-order valence-corrected chi connectivity index (χ1v) is 12.0. The normalized spacial score (nSPS) is 19.2. The highest BCUT2D eigenvalue weighted by molar-refractivity contribution is 5.99. The maximum Gasteiger partial charge on any atom is 0.303 e. The molecular formula is C25H29FN6O4. The van der Waals surface area contributed by atoms with Crippen LogP contribution in [0.25, 0.3) is 5.65 Å². The number of ketones is 1. The van der Waals surface area contributed by atoms with Crippen molar-refractivity contribution in [2.24, 2.45) is 0 Å². The number of aromatic nitrogens is 4. The third kappa shape index (κ3) is 5.67. The molecule has 1 fully saturated rings. The number of carboxylic acid groups (broad SMARTS) is 1. The van der Waals surface area contributed by atoms with Gasteiger partial charge in [-0.05, 0) is 57.2 Å². The molecule has 2 atom stereocenters. The van der Waals surface area contributed by atoms with E-state index in [0.29, 0.717) is 17.6 Å². The third-order valence-electron chi connectivity index (χ3n) is 6.36. The summed E-state index contributed by atoms with van der Waals surface area (Å²) in [5.41, 5.74) is 2.81. The van der Waals surface area contributed by atoms with Gasteiger partial charge in [0, 0.05) is 30.9 Å². The zero-order valence-electron chi connectivity index (χ0n) is 20.3. The molecule has 0 spiro atoms. The SMILES string of the molecule is CC(=O)CCC(=O)O.C[C@@H]1CCc2ncc(F)cc2[C@H]2CCCN2c2ccn3ncc(c3n2)C(=O)N1. The maximum absolute atomic E-state index is 14.1. The standard InChI is InChI=1S/C20H21FN6O.C5H8O3/c1-12-4-5-16-14(9-13(21)10-22-16)17-3-2-7-26(17)18-6-8-27-19(25-18)15(11-23-27)20(28)24-12;1-4(6)2-3-5(7)8/h6,8-12,17H,2-5,7H2,1H3,(H,24,28);2-3H2,1H3,(H,7,8)/t12-,17-;/m1./s1. The lowest BCUT2D eigenvalue weighted by molar-refractivity contribution is -0.138. The Kier molecular flexibility index (Phi) is 7.56. The summed E-state index contributed by atoms with van der Waals surface area (Å²) in [6.45, 7) is 4.17. The first-order chi connectivity index (χ1) is 17.2. The van der Waals surface area contributed by atoms with Crippen LogP contribution in [-0.4, -0.2) is 54.9 Å². The van der Waals surface area contributed by atoms with Gasteiger partial charge in [-0.2, -0.15) is 5.10 Å². The van der Waals surface area contributed by atoms with Gasteiger partial charge in [-0.3, -0.25) is 14.6 Å². The van der Waals surface area contributed by atoms with Gasteiger partial charge in [-0.15, -0.1) is 0 Å². The molecule has 2 aliphatic heterocycles. The van der Waals surface area contributed by atoms with Crippen LogP contribution in [-0.2, 0) is 16.0 Å². The third-order valence-corrected chi connectivity index (χ3v) is 6.36. The molecule has 0 aromatic carbocycles. The maximum atomic E-state index is 14.1. The minimum atomic E-state index is -0.916. The van der Waals surface area contributed by atoms with Gasteiger partial charge >= 0.3 is 5.97 Å². The van der Waals surface area contributed by atoms with E-state index in [4.69, 9.17) is 10.1 Å². The van der Waals surface area contributed by atoms with E-state index in [2.05, 4.69) is 20.3 Å². The predicted molar refractivity (Wildman–Crippen MR) is 129 cm³/mol. The van der Waals surface area contributed by atoms with Gasteiger partial charge in [0.05, 0.1) is 24.9 Å². The summed E-state index contributed by atoms with van der Waals surface area (Å²) < 4.78 is 15.7. The fourth-order valence-electron chi connectivity index (χ4n) is 4.53. The van der Waals surface area contributed by atoms with Gasteiger partial charge in [0.1, 0.15) is 23.0 Å². The van der Waals surface area contributed by atoms with Crippen LogP contribution in [0, 0.1) is 5.82 Å². The number of aliphatic carboxylic acids is 1. The fraction of sp³-hybridized carbons (Fsp3) is 0.440. The average Bonchev–Trinajstić information content (AvgIpc) is 3.48. The van der Waals surface area contributed by atoms with Crippen LogP contribution in [0.5, 0.6) is 0 Å². The predicted octanol–water partition coefficient (Wildman–Crippen LogP) is 3.11. The number of rotatable bonds is 3. The molecule has 0 unspecified atom stereocenters. The van der Waals surface area contributed by atoms with Crippen molar-refractivity contribution in [1.82, 2.24) is 24.9 Å². The Hall–Kier alpha value is -3.89. The van der Waals surface area contributed by atoms with Crippen molar-refractivity contribution < 1.29 is 23.9 Å². The second kappa shape index (κ2) is 10.8. The lowest BCUT2D eigenvalue weighted by Crippen LogP contribution is -2.33. The molecule has 0 aliphatic carbocycles. The van der Waals surface area contributed by atoms with Gasteiger partial charge in [-0.25, -0.2) is 13.9 Å². The number of aryl methyl sites for hydroxylation is 1. The molecule has 2 aliphatic rings. The quantitative estimate of drug-likeness (QED) is 0.566.